The van der Waals surface area contributed by atoms with Crippen molar-refractivity contribution in [2.45, 2.75) is 46.2 Å². The second-order valence-corrected chi connectivity index (χ2v) is 7.68. The molecule has 3 rings (SSSR count). The molecule has 2 aromatic rings. The highest BCUT2D eigenvalue weighted by Crippen LogP contribution is 2.18. The molecule has 1 fully saturated rings. The Labute approximate surface area is 156 Å². The molecular formula is C20H32N6. The maximum Gasteiger partial charge on any atom is 0.191 e. The van der Waals surface area contributed by atoms with Crippen LogP contribution in [0.4, 0.5) is 0 Å². The summed E-state index contributed by atoms with van der Waals surface area (Å²) >= 11 is 0. The van der Waals surface area contributed by atoms with E-state index in [1.54, 1.807) is 0 Å². The molecule has 3 heterocycles. The third-order valence-electron chi connectivity index (χ3n) is 5.32. The molecule has 1 aliphatic rings. The summed E-state index contributed by atoms with van der Waals surface area (Å²) in [7, 11) is 1.84. The summed E-state index contributed by atoms with van der Waals surface area (Å²) in [5, 5.41) is 7.03. The van der Waals surface area contributed by atoms with Gasteiger partial charge in [0.1, 0.15) is 5.65 Å². The molecule has 142 valence electrons. The van der Waals surface area contributed by atoms with E-state index in [-0.39, 0.29) is 0 Å². The average molecular weight is 357 g/mol. The third kappa shape index (κ3) is 4.18. The van der Waals surface area contributed by atoms with Crippen LogP contribution in [0.25, 0.3) is 5.65 Å². The normalized spacial score (nSPS) is 21.7. The summed E-state index contributed by atoms with van der Waals surface area (Å²) in [6.07, 6.45) is 5.04. The summed E-state index contributed by atoms with van der Waals surface area (Å²) in [6, 6.07) is 5.19. The van der Waals surface area contributed by atoms with Crippen LogP contribution in [0.2, 0.25) is 0 Å². The highest BCUT2D eigenvalue weighted by Gasteiger charge is 2.31. The lowest BCUT2D eigenvalue weighted by Gasteiger charge is -2.21. The van der Waals surface area contributed by atoms with Crippen LogP contribution in [0.3, 0.4) is 0 Å². The number of imidazole rings is 1. The van der Waals surface area contributed by atoms with Crippen LogP contribution >= 0.6 is 0 Å². The first-order valence-electron chi connectivity index (χ1n) is 9.62. The van der Waals surface area contributed by atoms with E-state index in [4.69, 9.17) is 4.98 Å². The summed E-state index contributed by atoms with van der Waals surface area (Å²) in [5.41, 5.74) is 3.34. The SMILES string of the molecule is CN=C(NCCc1cn2cccc(C)c2n1)NC1CN(C(C)C)CC1C. The van der Waals surface area contributed by atoms with Gasteiger partial charge in [0.2, 0.25) is 0 Å². The Bertz CT molecular complexity index is 763. The molecule has 2 aromatic heterocycles. The third-order valence-corrected chi connectivity index (χ3v) is 5.32. The number of pyridine rings is 1. The molecule has 0 radical (unpaired) electrons. The van der Waals surface area contributed by atoms with E-state index >= 15 is 0 Å². The zero-order chi connectivity index (χ0) is 18.7. The number of rotatable bonds is 5. The topological polar surface area (TPSA) is 57.0 Å². The van der Waals surface area contributed by atoms with E-state index in [1.165, 1.54) is 5.56 Å². The molecule has 1 saturated heterocycles. The lowest BCUT2D eigenvalue weighted by molar-refractivity contribution is 0.265. The predicted octanol–water partition coefficient (Wildman–Crippen LogP) is 2.08. The first-order chi connectivity index (χ1) is 12.5. The molecule has 1 aliphatic heterocycles. The highest BCUT2D eigenvalue weighted by atomic mass is 15.3. The minimum atomic E-state index is 0.446. The van der Waals surface area contributed by atoms with Gasteiger partial charge in [-0.05, 0) is 38.3 Å². The van der Waals surface area contributed by atoms with Gasteiger partial charge in [-0.1, -0.05) is 13.0 Å². The zero-order valence-corrected chi connectivity index (χ0v) is 16.7. The number of hydrogen-bond acceptors (Lipinski definition) is 3. The van der Waals surface area contributed by atoms with Crippen molar-refractivity contribution in [3.8, 4) is 0 Å². The van der Waals surface area contributed by atoms with Gasteiger partial charge in [0.15, 0.2) is 5.96 Å². The van der Waals surface area contributed by atoms with Gasteiger partial charge < -0.3 is 15.0 Å². The largest absolute Gasteiger partial charge is 0.356 e. The summed E-state index contributed by atoms with van der Waals surface area (Å²) < 4.78 is 2.10. The second-order valence-electron chi connectivity index (χ2n) is 7.68. The number of aromatic nitrogens is 2. The van der Waals surface area contributed by atoms with Gasteiger partial charge >= 0.3 is 0 Å². The molecule has 2 unspecified atom stereocenters. The Morgan fingerprint density at radius 3 is 2.85 bits per heavy atom. The fourth-order valence-electron chi connectivity index (χ4n) is 3.62. The van der Waals surface area contributed by atoms with Crippen molar-refractivity contribution in [1.82, 2.24) is 24.9 Å². The predicted molar refractivity (Wildman–Crippen MR) is 108 cm³/mol. The van der Waals surface area contributed by atoms with Gasteiger partial charge in [-0.15, -0.1) is 0 Å². The van der Waals surface area contributed by atoms with Crippen molar-refractivity contribution in [1.29, 1.82) is 0 Å². The maximum atomic E-state index is 4.74. The number of nitrogens with zero attached hydrogens (tertiary/aromatic N) is 4. The molecule has 6 heteroatoms. The van der Waals surface area contributed by atoms with E-state index in [0.29, 0.717) is 18.0 Å². The van der Waals surface area contributed by atoms with Crippen molar-refractivity contribution in [3.63, 3.8) is 0 Å². The number of guanidine groups is 1. The molecule has 0 aromatic carbocycles. The molecule has 0 spiro atoms. The second kappa shape index (κ2) is 8.08. The smallest absolute Gasteiger partial charge is 0.191 e. The average Bonchev–Trinajstić information content (AvgIpc) is 3.18. The Morgan fingerprint density at radius 2 is 2.19 bits per heavy atom. The van der Waals surface area contributed by atoms with Crippen LogP contribution in [-0.2, 0) is 6.42 Å². The fraction of sp³-hybridized carbons (Fsp3) is 0.600. The zero-order valence-electron chi connectivity index (χ0n) is 16.7. The van der Waals surface area contributed by atoms with Crippen molar-refractivity contribution in [2.75, 3.05) is 26.7 Å². The molecule has 0 bridgehead atoms. The van der Waals surface area contributed by atoms with Gasteiger partial charge in [0.05, 0.1) is 5.69 Å². The number of fused-ring (bicyclic) bond motifs is 1. The summed E-state index contributed by atoms with van der Waals surface area (Å²) in [5.74, 6) is 1.50. The van der Waals surface area contributed by atoms with Crippen LogP contribution in [-0.4, -0.2) is 59.0 Å². The number of aryl methyl sites for hydroxylation is 1. The quantitative estimate of drug-likeness (QED) is 0.636. The molecule has 2 N–H and O–H groups in total. The lowest BCUT2D eigenvalue weighted by atomic mass is 10.1. The van der Waals surface area contributed by atoms with E-state index < -0.39 is 0 Å². The Kier molecular flexibility index (Phi) is 5.81. The number of nitrogens with one attached hydrogen (secondary N) is 2. The van der Waals surface area contributed by atoms with Crippen molar-refractivity contribution in [2.24, 2.45) is 10.9 Å². The standard InChI is InChI=1S/C20H32N6/c1-14(2)26-11-16(4)18(13-26)24-20(21-5)22-9-8-17-12-25-10-6-7-15(3)19(25)23-17/h6-7,10,12,14,16,18H,8-9,11,13H2,1-5H3,(H2,21,22,24). The number of aliphatic imine (C=N–C) groups is 1. The summed E-state index contributed by atoms with van der Waals surface area (Å²) in [4.78, 5) is 11.7. The minimum Gasteiger partial charge on any atom is -0.356 e. The van der Waals surface area contributed by atoms with E-state index in [0.717, 1.165) is 43.4 Å². The van der Waals surface area contributed by atoms with Crippen molar-refractivity contribution < 1.29 is 0 Å². The van der Waals surface area contributed by atoms with Crippen molar-refractivity contribution >= 4 is 11.6 Å². The van der Waals surface area contributed by atoms with Crippen LogP contribution < -0.4 is 10.6 Å². The number of hydrogen-bond donors (Lipinski definition) is 2. The molecule has 0 saturated carbocycles. The number of likely N-dealkylation sites (tertiary alicyclic amines) is 1. The van der Waals surface area contributed by atoms with Crippen molar-refractivity contribution in [3.05, 3.63) is 35.8 Å². The maximum absolute atomic E-state index is 4.74. The molecule has 26 heavy (non-hydrogen) atoms. The Balaban J connectivity index is 1.52. The fourth-order valence-corrected chi connectivity index (χ4v) is 3.62. The van der Waals surface area contributed by atoms with E-state index in [9.17, 15) is 0 Å². The lowest BCUT2D eigenvalue weighted by Crippen LogP contribution is -2.47. The van der Waals surface area contributed by atoms with Gasteiger partial charge in [-0.25, -0.2) is 4.98 Å². The molecule has 2 atom stereocenters. The Hall–Kier alpha value is -2.08. The molecular weight excluding hydrogens is 324 g/mol. The molecule has 0 amide bonds. The van der Waals surface area contributed by atoms with E-state index in [2.05, 4.69) is 77.1 Å². The van der Waals surface area contributed by atoms with Gasteiger partial charge in [0.25, 0.3) is 0 Å². The minimum absolute atomic E-state index is 0.446. The van der Waals surface area contributed by atoms with Crippen LogP contribution in [0.1, 0.15) is 32.0 Å². The van der Waals surface area contributed by atoms with Crippen LogP contribution in [0.15, 0.2) is 29.5 Å². The Morgan fingerprint density at radius 1 is 1.38 bits per heavy atom. The molecule has 0 aliphatic carbocycles. The van der Waals surface area contributed by atoms with Gasteiger partial charge in [-0.2, -0.15) is 0 Å². The summed E-state index contributed by atoms with van der Waals surface area (Å²) in [6.45, 7) is 12.0. The first-order valence-corrected chi connectivity index (χ1v) is 9.62. The monoisotopic (exact) mass is 356 g/mol. The van der Waals surface area contributed by atoms with Crippen LogP contribution in [0.5, 0.6) is 0 Å². The van der Waals surface area contributed by atoms with E-state index in [1.807, 2.05) is 7.05 Å². The van der Waals surface area contributed by atoms with Crippen LogP contribution in [0, 0.1) is 12.8 Å². The highest BCUT2D eigenvalue weighted by molar-refractivity contribution is 5.80. The van der Waals surface area contributed by atoms with Gasteiger partial charge in [0, 0.05) is 57.6 Å². The first kappa shape index (κ1) is 18.7. The molecule has 6 nitrogen and oxygen atoms in total. The van der Waals surface area contributed by atoms with Gasteiger partial charge in [-0.3, -0.25) is 9.89 Å².